The lowest BCUT2D eigenvalue weighted by Crippen LogP contribution is -2.16. The third-order valence-corrected chi connectivity index (χ3v) is 5.48. The van der Waals surface area contributed by atoms with Crippen LogP contribution in [-0.4, -0.2) is 20.9 Å². The van der Waals surface area contributed by atoms with Crippen LogP contribution in [0.4, 0.5) is 11.4 Å². The van der Waals surface area contributed by atoms with Crippen molar-refractivity contribution in [2.24, 2.45) is 0 Å². The summed E-state index contributed by atoms with van der Waals surface area (Å²) in [5.41, 5.74) is 2.09. The highest BCUT2D eigenvalue weighted by molar-refractivity contribution is 7.92. The van der Waals surface area contributed by atoms with Gasteiger partial charge in [0.05, 0.1) is 4.90 Å². The summed E-state index contributed by atoms with van der Waals surface area (Å²) in [5, 5.41) is 11.3. The average Bonchev–Trinajstić information content (AvgIpc) is 2.74. The molecule has 152 valence electrons. The highest BCUT2D eigenvalue weighted by atomic mass is 32.2. The van der Waals surface area contributed by atoms with Crippen molar-refractivity contribution < 1.29 is 17.9 Å². The van der Waals surface area contributed by atoms with Gasteiger partial charge in [-0.1, -0.05) is 29.8 Å². The number of hydrogen-bond donors (Lipinski definition) is 2. The molecule has 0 aliphatic rings. The molecule has 3 rings (SSSR count). The third-order valence-electron chi connectivity index (χ3n) is 4.11. The van der Waals surface area contributed by atoms with E-state index in [0.717, 1.165) is 5.56 Å². The fourth-order valence-electron chi connectivity index (χ4n) is 2.62. The maximum absolute atomic E-state index is 12.7. The van der Waals surface area contributed by atoms with Crippen molar-refractivity contribution in [2.45, 2.75) is 11.8 Å². The van der Waals surface area contributed by atoms with E-state index in [9.17, 15) is 13.2 Å². The standard InChI is InChI=1S/C22H19N3O4S/c1-16-8-10-18(11-9-16)25-30(27,28)21-7-2-4-17(14-21)22(26)24-19-5-3-6-20(15-19)29-13-12-23/h2-11,14-15,25H,13H2,1H3,(H,24,26). The maximum atomic E-state index is 12.7. The molecule has 0 aliphatic heterocycles. The van der Waals surface area contributed by atoms with E-state index in [1.165, 1.54) is 24.3 Å². The molecule has 1 amide bonds. The zero-order chi connectivity index (χ0) is 21.6. The fourth-order valence-corrected chi connectivity index (χ4v) is 3.73. The van der Waals surface area contributed by atoms with Crippen LogP contribution in [0, 0.1) is 18.3 Å². The summed E-state index contributed by atoms with van der Waals surface area (Å²) in [6.07, 6.45) is 0. The first kappa shape index (κ1) is 20.9. The van der Waals surface area contributed by atoms with Gasteiger partial charge in [0.15, 0.2) is 6.61 Å². The molecule has 0 radical (unpaired) electrons. The number of aryl methyl sites for hydroxylation is 1. The van der Waals surface area contributed by atoms with E-state index in [1.807, 2.05) is 13.0 Å². The number of benzene rings is 3. The molecule has 0 aromatic heterocycles. The second-order valence-corrected chi connectivity index (χ2v) is 8.11. The first-order valence-corrected chi connectivity index (χ1v) is 10.5. The summed E-state index contributed by atoms with van der Waals surface area (Å²) in [4.78, 5) is 12.6. The second kappa shape index (κ2) is 9.11. The van der Waals surface area contributed by atoms with Crippen LogP contribution >= 0.6 is 0 Å². The molecule has 0 saturated carbocycles. The molecule has 0 atom stereocenters. The topological polar surface area (TPSA) is 108 Å². The number of nitriles is 1. The molecule has 7 nitrogen and oxygen atoms in total. The predicted octanol–water partition coefficient (Wildman–Crippen LogP) is 3.95. The van der Waals surface area contributed by atoms with E-state index < -0.39 is 15.9 Å². The van der Waals surface area contributed by atoms with Gasteiger partial charge in [0.1, 0.15) is 11.8 Å². The Morgan fingerprint density at radius 2 is 1.73 bits per heavy atom. The third kappa shape index (κ3) is 5.37. The number of anilines is 2. The fraction of sp³-hybridized carbons (Fsp3) is 0.0909. The number of nitrogens with one attached hydrogen (secondary N) is 2. The van der Waals surface area contributed by atoms with Crippen LogP contribution in [0.25, 0.3) is 0 Å². The average molecular weight is 421 g/mol. The Morgan fingerprint density at radius 1 is 1.00 bits per heavy atom. The van der Waals surface area contributed by atoms with Crippen molar-refractivity contribution in [1.29, 1.82) is 5.26 Å². The minimum atomic E-state index is -3.85. The van der Waals surface area contributed by atoms with Gasteiger partial charge in [-0.05, 0) is 49.4 Å². The summed E-state index contributed by atoms with van der Waals surface area (Å²) in [6.45, 7) is 1.80. The van der Waals surface area contributed by atoms with Crippen molar-refractivity contribution >= 4 is 27.3 Å². The van der Waals surface area contributed by atoms with E-state index in [1.54, 1.807) is 48.5 Å². The number of ether oxygens (including phenoxy) is 1. The molecule has 0 heterocycles. The van der Waals surface area contributed by atoms with E-state index in [-0.39, 0.29) is 17.1 Å². The highest BCUT2D eigenvalue weighted by Crippen LogP contribution is 2.20. The van der Waals surface area contributed by atoms with Crippen molar-refractivity contribution in [2.75, 3.05) is 16.6 Å². The van der Waals surface area contributed by atoms with Crippen molar-refractivity contribution in [1.82, 2.24) is 0 Å². The molecule has 0 fully saturated rings. The van der Waals surface area contributed by atoms with Gasteiger partial charge in [-0.3, -0.25) is 9.52 Å². The lowest BCUT2D eigenvalue weighted by Gasteiger charge is -2.11. The minimum absolute atomic E-state index is 0.0261. The maximum Gasteiger partial charge on any atom is 0.261 e. The van der Waals surface area contributed by atoms with Crippen LogP contribution in [0.5, 0.6) is 5.75 Å². The highest BCUT2D eigenvalue weighted by Gasteiger charge is 2.17. The molecule has 0 saturated heterocycles. The zero-order valence-electron chi connectivity index (χ0n) is 16.1. The van der Waals surface area contributed by atoms with Crippen molar-refractivity contribution in [3.05, 3.63) is 83.9 Å². The van der Waals surface area contributed by atoms with Gasteiger partial charge in [-0.15, -0.1) is 0 Å². The number of carbonyl (C=O) groups excluding carboxylic acids is 1. The monoisotopic (exact) mass is 421 g/mol. The number of nitrogens with zero attached hydrogens (tertiary/aromatic N) is 1. The zero-order valence-corrected chi connectivity index (χ0v) is 16.9. The predicted molar refractivity (Wildman–Crippen MR) is 114 cm³/mol. The number of rotatable bonds is 7. The Kier molecular flexibility index (Phi) is 6.35. The molecular weight excluding hydrogens is 402 g/mol. The Bertz CT molecular complexity index is 1200. The summed E-state index contributed by atoms with van der Waals surface area (Å²) in [7, 11) is -3.85. The van der Waals surface area contributed by atoms with Gasteiger partial charge >= 0.3 is 0 Å². The smallest absolute Gasteiger partial charge is 0.261 e. The largest absolute Gasteiger partial charge is 0.479 e. The van der Waals surface area contributed by atoms with Crippen LogP contribution < -0.4 is 14.8 Å². The van der Waals surface area contributed by atoms with Crippen LogP contribution in [0.15, 0.2) is 77.7 Å². The van der Waals surface area contributed by atoms with Crippen LogP contribution in [0.1, 0.15) is 15.9 Å². The number of hydrogen-bond acceptors (Lipinski definition) is 5. The molecule has 0 unspecified atom stereocenters. The van der Waals surface area contributed by atoms with Gasteiger partial charge in [0, 0.05) is 23.0 Å². The van der Waals surface area contributed by atoms with Gasteiger partial charge < -0.3 is 10.1 Å². The Labute approximate surface area is 175 Å². The minimum Gasteiger partial charge on any atom is -0.479 e. The van der Waals surface area contributed by atoms with Gasteiger partial charge in [0.25, 0.3) is 15.9 Å². The number of amides is 1. The molecule has 2 N–H and O–H groups in total. The van der Waals surface area contributed by atoms with Gasteiger partial charge in [-0.2, -0.15) is 5.26 Å². The SMILES string of the molecule is Cc1ccc(NS(=O)(=O)c2cccc(C(=O)Nc3cccc(OCC#N)c3)c2)cc1. The van der Waals surface area contributed by atoms with Crippen molar-refractivity contribution in [3.8, 4) is 11.8 Å². The second-order valence-electron chi connectivity index (χ2n) is 6.43. The van der Waals surface area contributed by atoms with Gasteiger partial charge in [-0.25, -0.2) is 8.42 Å². The molecule has 8 heteroatoms. The van der Waals surface area contributed by atoms with Crippen LogP contribution in [-0.2, 0) is 10.0 Å². The molecule has 30 heavy (non-hydrogen) atoms. The Balaban J connectivity index is 1.76. The quantitative estimate of drug-likeness (QED) is 0.600. The Morgan fingerprint density at radius 3 is 2.47 bits per heavy atom. The Hall–Kier alpha value is -3.83. The first-order valence-electron chi connectivity index (χ1n) is 8.98. The molecule has 0 spiro atoms. The summed E-state index contributed by atoms with van der Waals surface area (Å²) < 4.78 is 33.1. The first-order chi connectivity index (χ1) is 14.4. The van der Waals surface area contributed by atoms with E-state index in [0.29, 0.717) is 17.1 Å². The molecule has 0 bridgehead atoms. The molecular formula is C22H19N3O4S. The van der Waals surface area contributed by atoms with E-state index in [4.69, 9.17) is 10.00 Å². The lowest BCUT2D eigenvalue weighted by molar-refractivity contribution is 0.102. The summed E-state index contributed by atoms with van der Waals surface area (Å²) in [5.74, 6) is -0.0344. The molecule has 3 aromatic rings. The number of sulfonamides is 1. The number of carbonyl (C=O) groups is 1. The van der Waals surface area contributed by atoms with E-state index in [2.05, 4.69) is 10.0 Å². The molecule has 3 aromatic carbocycles. The van der Waals surface area contributed by atoms with Crippen LogP contribution in [0.2, 0.25) is 0 Å². The van der Waals surface area contributed by atoms with Crippen molar-refractivity contribution in [3.63, 3.8) is 0 Å². The summed E-state index contributed by atoms with van der Waals surface area (Å²) >= 11 is 0. The van der Waals surface area contributed by atoms with Gasteiger partial charge in [0.2, 0.25) is 0 Å². The lowest BCUT2D eigenvalue weighted by atomic mass is 10.2. The summed E-state index contributed by atoms with van der Waals surface area (Å²) in [6, 6.07) is 21.2. The van der Waals surface area contributed by atoms with Crippen LogP contribution in [0.3, 0.4) is 0 Å². The normalized spacial score (nSPS) is 10.7. The van der Waals surface area contributed by atoms with E-state index >= 15 is 0 Å². The molecule has 0 aliphatic carbocycles.